The third kappa shape index (κ3) is 26.0. The molecule has 17 heavy (non-hydrogen) atoms. The maximum Gasteiger partial charge on any atom is 0.0701 e. The summed E-state index contributed by atoms with van der Waals surface area (Å²) < 4.78 is 15.0. The maximum absolute atomic E-state index is 8.36. The summed E-state index contributed by atoms with van der Waals surface area (Å²) in [6, 6.07) is 0. The first-order valence-corrected chi connectivity index (χ1v) is 6.13. The van der Waals surface area contributed by atoms with Gasteiger partial charge in [0.15, 0.2) is 0 Å². The summed E-state index contributed by atoms with van der Waals surface area (Å²) >= 11 is 3.67. The van der Waals surface area contributed by atoms with Gasteiger partial charge < -0.3 is 29.5 Å². The second-order valence-electron chi connectivity index (χ2n) is 2.73. The summed E-state index contributed by atoms with van der Waals surface area (Å²) in [6.07, 6.45) is 0. The van der Waals surface area contributed by atoms with E-state index in [2.05, 4.69) is 12.6 Å². The fourth-order valence-corrected chi connectivity index (χ4v) is 0.671. The lowest BCUT2D eigenvalue weighted by Crippen LogP contribution is -2.11. The van der Waals surface area contributed by atoms with E-state index in [4.69, 9.17) is 29.5 Å². The zero-order valence-corrected chi connectivity index (χ0v) is 11.0. The zero-order valence-electron chi connectivity index (χ0n) is 10.1. The van der Waals surface area contributed by atoms with Crippen LogP contribution in [-0.4, -0.2) is 80.5 Å². The van der Waals surface area contributed by atoms with Gasteiger partial charge in [0.2, 0.25) is 0 Å². The Morgan fingerprint density at radius 2 is 0.882 bits per heavy atom. The van der Waals surface area contributed by atoms with Gasteiger partial charge in [0, 0.05) is 5.75 Å². The molecule has 0 amide bonds. The highest BCUT2D eigenvalue weighted by atomic mass is 32.1. The molecule has 0 atom stereocenters. The van der Waals surface area contributed by atoms with Crippen molar-refractivity contribution >= 4 is 12.6 Å². The first kappa shape index (κ1) is 19.4. The van der Waals surface area contributed by atoms with Crippen LogP contribution in [0.4, 0.5) is 0 Å². The molecule has 0 spiro atoms. The molecule has 0 radical (unpaired) electrons. The van der Waals surface area contributed by atoms with E-state index in [1.54, 1.807) is 0 Å². The quantitative estimate of drug-likeness (QED) is 0.283. The number of thiol groups is 1. The topological polar surface area (TPSA) is 88.4 Å². The Bertz CT molecular complexity index is 105. The third-order valence-corrected chi connectivity index (χ3v) is 1.52. The number of aliphatic hydroxyl groups is 3. The second kappa shape index (κ2) is 21.4. The predicted molar refractivity (Wildman–Crippen MR) is 67.6 cm³/mol. The number of rotatable bonds is 11. The summed E-state index contributed by atoms with van der Waals surface area (Å²) in [5.41, 5.74) is 0. The largest absolute Gasteiger partial charge is 0.396 e. The van der Waals surface area contributed by atoms with Crippen molar-refractivity contribution in [2.24, 2.45) is 0 Å². The molecule has 0 rings (SSSR count). The summed E-state index contributed by atoms with van der Waals surface area (Å²) in [5, 5.41) is 24.5. The Labute approximate surface area is 108 Å². The molecule has 0 saturated carbocycles. The summed E-state index contributed by atoms with van der Waals surface area (Å²) in [4.78, 5) is 0. The minimum atomic E-state index is 0.0413. The zero-order chi connectivity index (χ0) is 13.2. The molecule has 0 saturated heterocycles. The molecule has 0 unspecified atom stereocenters. The molecule has 7 heteroatoms. The van der Waals surface area contributed by atoms with Crippen molar-refractivity contribution in [3.05, 3.63) is 0 Å². The Balaban J connectivity index is 0. The molecular weight excluding hydrogens is 248 g/mol. The first-order chi connectivity index (χ1) is 8.33. The minimum Gasteiger partial charge on any atom is -0.396 e. The fraction of sp³-hybridized carbons (Fsp3) is 1.00. The van der Waals surface area contributed by atoms with E-state index in [1.807, 2.05) is 0 Å². The molecule has 0 aromatic rings. The van der Waals surface area contributed by atoms with Gasteiger partial charge in [-0.3, -0.25) is 0 Å². The van der Waals surface area contributed by atoms with Crippen molar-refractivity contribution in [2.45, 2.75) is 0 Å². The molecule has 0 aliphatic carbocycles. The molecule has 0 fully saturated rings. The smallest absolute Gasteiger partial charge is 0.0701 e. The van der Waals surface area contributed by atoms with E-state index in [0.717, 1.165) is 0 Å². The van der Waals surface area contributed by atoms with Gasteiger partial charge in [-0.1, -0.05) is 0 Å². The van der Waals surface area contributed by atoms with E-state index < -0.39 is 0 Å². The molecule has 0 bridgehead atoms. The van der Waals surface area contributed by atoms with Crippen LogP contribution in [0.15, 0.2) is 0 Å². The van der Waals surface area contributed by atoms with Crippen LogP contribution in [-0.2, 0) is 14.2 Å². The first-order valence-electron chi connectivity index (χ1n) is 5.50. The molecule has 0 aliphatic heterocycles. The standard InChI is InChI=1S/C8H18O5.C2H6OS/c9-1-3-11-5-7-13-8-6-12-4-2-10;3-1-2-4/h9-10H,1-8H2;3-4H,1-2H2. The monoisotopic (exact) mass is 272 g/mol. The van der Waals surface area contributed by atoms with Gasteiger partial charge in [0.1, 0.15) is 0 Å². The summed E-state index contributed by atoms with van der Waals surface area (Å²) in [6.45, 7) is 2.95. The number of hydrogen-bond acceptors (Lipinski definition) is 7. The molecule has 0 aliphatic rings. The van der Waals surface area contributed by atoms with Crippen molar-refractivity contribution in [3.8, 4) is 0 Å². The minimum absolute atomic E-state index is 0.0413. The van der Waals surface area contributed by atoms with Crippen LogP contribution < -0.4 is 0 Å². The van der Waals surface area contributed by atoms with Crippen LogP contribution in [0.3, 0.4) is 0 Å². The van der Waals surface area contributed by atoms with Crippen LogP contribution in [0.1, 0.15) is 0 Å². The molecule has 106 valence electrons. The average Bonchev–Trinajstić information content (AvgIpc) is 2.37. The van der Waals surface area contributed by atoms with Crippen molar-refractivity contribution in [3.63, 3.8) is 0 Å². The van der Waals surface area contributed by atoms with Crippen LogP contribution in [0.5, 0.6) is 0 Å². The van der Waals surface area contributed by atoms with Gasteiger partial charge in [-0.2, -0.15) is 12.6 Å². The van der Waals surface area contributed by atoms with Crippen LogP contribution >= 0.6 is 12.6 Å². The van der Waals surface area contributed by atoms with Crippen molar-refractivity contribution in [1.82, 2.24) is 0 Å². The maximum atomic E-state index is 8.36. The number of hydrogen-bond donors (Lipinski definition) is 4. The molecular formula is C10H24O6S. The van der Waals surface area contributed by atoms with E-state index >= 15 is 0 Å². The Hall–Kier alpha value is 0.110. The second-order valence-corrected chi connectivity index (χ2v) is 3.18. The van der Waals surface area contributed by atoms with Crippen LogP contribution in [0.2, 0.25) is 0 Å². The SMILES string of the molecule is OCCOCCOCCOCCO.OCCS. The lowest BCUT2D eigenvalue weighted by molar-refractivity contribution is 0.00230. The summed E-state index contributed by atoms with van der Waals surface area (Å²) in [5.74, 6) is 0.569. The van der Waals surface area contributed by atoms with Crippen molar-refractivity contribution in [1.29, 1.82) is 0 Å². The van der Waals surface area contributed by atoms with Gasteiger partial charge in [0.25, 0.3) is 0 Å². The van der Waals surface area contributed by atoms with Gasteiger partial charge in [-0.25, -0.2) is 0 Å². The predicted octanol–water partition coefficient (Wildman–Crippen LogP) is -1.07. The van der Waals surface area contributed by atoms with Crippen molar-refractivity contribution < 1.29 is 29.5 Å². The molecule has 6 nitrogen and oxygen atoms in total. The normalized spacial score (nSPS) is 9.88. The lowest BCUT2D eigenvalue weighted by Gasteiger charge is -2.04. The molecule has 3 N–H and O–H groups in total. The van der Waals surface area contributed by atoms with Crippen LogP contribution in [0.25, 0.3) is 0 Å². The van der Waals surface area contributed by atoms with E-state index in [9.17, 15) is 0 Å². The highest BCUT2D eigenvalue weighted by Crippen LogP contribution is 1.80. The Kier molecular flexibility index (Phi) is 24.5. The number of aliphatic hydroxyl groups excluding tert-OH is 3. The Morgan fingerprint density at radius 3 is 1.12 bits per heavy atom. The van der Waals surface area contributed by atoms with Crippen molar-refractivity contribution in [2.75, 3.05) is 65.2 Å². The average molecular weight is 272 g/mol. The highest BCUT2D eigenvalue weighted by Gasteiger charge is 1.89. The van der Waals surface area contributed by atoms with Crippen LogP contribution in [0, 0.1) is 0 Å². The van der Waals surface area contributed by atoms with Gasteiger partial charge >= 0.3 is 0 Å². The third-order valence-electron chi connectivity index (χ3n) is 1.32. The van der Waals surface area contributed by atoms with Gasteiger partial charge in [-0.15, -0.1) is 0 Å². The van der Waals surface area contributed by atoms with E-state index in [0.29, 0.717) is 45.4 Å². The molecule has 0 aromatic heterocycles. The molecule has 0 aromatic carbocycles. The summed E-state index contributed by atoms with van der Waals surface area (Å²) in [7, 11) is 0. The van der Waals surface area contributed by atoms with E-state index in [1.165, 1.54) is 0 Å². The highest BCUT2D eigenvalue weighted by molar-refractivity contribution is 7.80. The molecule has 0 heterocycles. The Morgan fingerprint density at radius 1 is 0.588 bits per heavy atom. The fourth-order valence-electron chi connectivity index (χ4n) is 0.671. The number of ether oxygens (including phenoxy) is 3. The van der Waals surface area contributed by atoms with Gasteiger partial charge in [-0.05, 0) is 0 Å². The lowest BCUT2D eigenvalue weighted by atomic mass is 10.7. The van der Waals surface area contributed by atoms with E-state index in [-0.39, 0.29) is 19.8 Å². The van der Waals surface area contributed by atoms with Gasteiger partial charge in [0.05, 0.1) is 59.5 Å².